The predicted molar refractivity (Wildman–Crippen MR) is 138 cm³/mol. The van der Waals surface area contributed by atoms with E-state index in [0.29, 0.717) is 5.69 Å². The molecule has 36 heavy (non-hydrogen) atoms. The molecule has 0 aliphatic rings. The fraction of sp³-hybridized carbons (Fsp3) is 0.407. The number of hydrogen-bond donors (Lipinski definition) is 1. The molecule has 3 aromatic rings. The van der Waals surface area contributed by atoms with Crippen LogP contribution in [0.2, 0.25) is 0 Å². The van der Waals surface area contributed by atoms with Crippen LogP contribution in [0.5, 0.6) is 5.75 Å². The number of esters is 1. The fourth-order valence-corrected chi connectivity index (χ4v) is 3.81. The lowest BCUT2D eigenvalue weighted by molar-refractivity contribution is -0.146. The summed E-state index contributed by atoms with van der Waals surface area (Å²) < 4.78 is 13.1. The zero-order valence-electron chi connectivity index (χ0n) is 21.9. The number of aromatic nitrogens is 3. The second-order valence-electron chi connectivity index (χ2n) is 9.26. The Labute approximate surface area is 210 Å². The Kier molecular flexibility index (Phi) is 8.34. The molecule has 1 N–H and O–H groups in total. The molecule has 0 amide bonds. The van der Waals surface area contributed by atoms with Gasteiger partial charge in [-0.05, 0) is 70.9 Å². The Bertz CT molecular complexity index is 1410. The van der Waals surface area contributed by atoms with Gasteiger partial charge in [-0.3, -0.25) is 14.3 Å². The summed E-state index contributed by atoms with van der Waals surface area (Å²) in [6.45, 7) is 11.2. The molecule has 192 valence electrons. The molecule has 0 fully saturated rings. The van der Waals surface area contributed by atoms with Crippen LogP contribution < -0.4 is 21.7 Å². The lowest BCUT2D eigenvalue weighted by Crippen LogP contribution is -2.52. The van der Waals surface area contributed by atoms with Crippen molar-refractivity contribution in [3.05, 3.63) is 85.7 Å². The molecule has 9 heteroatoms. The van der Waals surface area contributed by atoms with Crippen molar-refractivity contribution in [3.8, 4) is 5.75 Å². The van der Waals surface area contributed by atoms with Crippen LogP contribution in [-0.4, -0.2) is 33.3 Å². The van der Waals surface area contributed by atoms with Crippen molar-refractivity contribution in [2.75, 3.05) is 7.11 Å². The Morgan fingerprint density at radius 3 is 2.28 bits per heavy atom. The average molecular weight is 495 g/mol. The summed E-state index contributed by atoms with van der Waals surface area (Å²) in [5.74, 6) is -0.474. The van der Waals surface area contributed by atoms with E-state index in [-0.39, 0.29) is 18.3 Å². The molecule has 3 rings (SSSR count). The number of rotatable bonds is 8. The van der Waals surface area contributed by atoms with Gasteiger partial charge in [-0.2, -0.15) is 0 Å². The molecule has 9 nitrogen and oxygen atoms in total. The highest BCUT2D eigenvalue weighted by Crippen LogP contribution is 2.24. The lowest BCUT2D eigenvalue weighted by atomic mass is 10.0. The van der Waals surface area contributed by atoms with Gasteiger partial charge in [-0.15, -0.1) is 0 Å². The highest BCUT2D eigenvalue weighted by Gasteiger charge is 2.26. The van der Waals surface area contributed by atoms with Gasteiger partial charge in [0.15, 0.2) is 0 Å². The molecule has 0 spiro atoms. The third kappa shape index (κ3) is 6.02. The van der Waals surface area contributed by atoms with Crippen molar-refractivity contribution in [3.63, 3.8) is 0 Å². The molecular weight excluding hydrogens is 460 g/mol. The number of H-pyrrole nitrogens is 1. The monoisotopic (exact) mass is 494 g/mol. The molecule has 0 aliphatic carbocycles. The molecule has 1 aromatic heterocycles. The molecule has 0 saturated heterocycles. The number of ether oxygens (including phenoxy) is 2. The number of aromatic amines is 1. The predicted octanol–water partition coefficient (Wildman–Crippen LogP) is 3.39. The summed E-state index contributed by atoms with van der Waals surface area (Å²) in [6, 6.07) is 12.4. The average Bonchev–Trinajstić information content (AvgIpc) is 2.83. The van der Waals surface area contributed by atoms with Crippen molar-refractivity contribution >= 4 is 11.7 Å². The van der Waals surface area contributed by atoms with Crippen LogP contribution in [0, 0.1) is 19.8 Å². The van der Waals surface area contributed by atoms with Crippen LogP contribution in [0.1, 0.15) is 50.4 Å². The van der Waals surface area contributed by atoms with E-state index in [1.807, 2.05) is 64.1 Å². The SMILES string of the molecule is COC(=O)[C@H](C)[C@H](C)n1c(=O)[nH]/c(=N\c2ccc(OC(C)C)c(C)c2)n(Cc2ccc(C)cc2)c1=O. The van der Waals surface area contributed by atoms with Gasteiger partial charge in [0.2, 0.25) is 5.62 Å². The first-order chi connectivity index (χ1) is 17.0. The molecule has 0 unspecified atom stereocenters. The summed E-state index contributed by atoms with van der Waals surface area (Å²) in [5, 5.41) is 0. The van der Waals surface area contributed by atoms with Gasteiger partial charge in [0.25, 0.3) is 0 Å². The summed E-state index contributed by atoms with van der Waals surface area (Å²) >= 11 is 0. The molecule has 2 atom stereocenters. The molecule has 1 heterocycles. The molecule has 0 aliphatic heterocycles. The van der Waals surface area contributed by atoms with Gasteiger partial charge in [0.05, 0.1) is 37.4 Å². The summed E-state index contributed by atoms with van der Waals surface area (Å²) in [4.78, 5) is 46.2. The third-order valence-corrected chi connectivity index (χ3v) is 6.05. The number of nitrogens with one attached hydrogen (secondary N) is 1. The Hall–Kier alpha value is -3.88. The second-order valence-corrected chi connectivity index (χ2v) is 9.26. The minimum absolute atomic E-state index is 0.0291. The standard InChI is InChI=1S/C27H34N4O5/c1-16(2)36-23-13-12-22(14-18(23)4)28-25-29-26(33)31(20(6)19(5)24(32)35-7)27(34)30(25)15-21-10-8-17(3)9-11-21/h8-14,16,19-20H,15H2,1-7H3,(H,28,29,33)/t19-,20+/m1/s1. The van der Waals surface area contributed by atoms with E-state index in [4.69, 9.17) is 9.47 Å². The highest BCUT2D eigenvalue weighted by atomic mass is 16.5. The van der Waals surface area contributed by atoms with E-state index in [9.17, 15) is 14.4 Å². The number of benzene rings is 2. The second kappa shape index (κ2) is 11.2. The maximum atomic E-state index is 13.6. The quantitative estimate of drug-likeness (QED) is 0.483. The van der Waals surface area contributed by atoms with Crippen molar-refractivity contribution in [2.24, 2.45) is 10.9 Å². The minimum Gasteiger partial charge on any atom is -0.491 e. The summed E-state index contributed by atoms with van der Waals surface area (Å²) in [7, 11) is 1.28. The maximum absolute atomic E-state index is 13.6. The number of hydrogen-bond acceptors (Lipinski definition) is 6. The number of nitrogens with zero attached hydrogens (tertiary/aromatic N) is 3. The van der Waals surface area contributed by atoms with Crippen LogP contribution in [0.15, 0.2) is 57.0 Å². The van der Waals surface area contributed by atoms with Crippen molar-refractivity contribution in [2.45, 2.75) is 60.2 Å². The Balaban J connectivity index is 2.20. The van der Waals surface area contributed by atoms with Gasteiger partial charge in [0, 0.05) is 0 Å². The van der Waals surface area contributed by atoms with Gasteiger partial charge in [-0.25, -0.2) is 19.1 Å². The van der Waals surface area contributed by atoms with Gasteiger partial charge in [-0.1, -0.05) is 29.8 Å². The molecule has 0 saturated carbocycles. The van der Waals surface area contributed by atoms with Crippen molar-refractivity contribution in [1.29, 1.82) is 0 Å². The molecule has 0 bridgehead atoms. The topological polar surface area (TPSA) is 108 Å². The molecular formula is C27H34N4O5. The van der Waals surface area contributed by atoms with Gasteiger partial charge >= 0.3 is 17.3 Å². The van der Waals surface area contributed by atoms with Gasteiger partial charge in [0.1, 0.15) is 5.75 Å². The highest BCUT2D eigenvalue weighted by molar-refractivity contribution is 5.72. The van der Waals surface area contributed by atoms with Crippen LogP contribution >= 0.6 is 0 Å². The van der Waals surface area contributed by atoms with E-state index in [2.05, 4.69) is 9.98 Å². The summed E-state index contributed by atoms with van der Waals surface area (Å²) in [5.41, 5.74) is 2.28. The zero-order valence-corrected chi connectivity index (χ0v) is 21.9. The number of methoxy groups -OCH3 is 1. The number of aryl methyl sites for hydroxylation is 2. The number of carbonyl (C=O) groups is 1. The van der Waals surface area contributed by atoms with Crippen molar-refractivity contribution in [1.82, 2.24) is 14.1 Å². The first-order valence-corrected chi connectivity index (χ1v) is 11.9. The third-order valence-electron chi connectivity index (χ3n) is 6.05. The van der Waals surface area contributed by atoms with Crippen LogP contribution in [0.25, 0.3) is 0 Å². The lowest BCUT2D eigenvalue weighted by Gasteiger charge is -2.20. The van der Waals surface area contributed by atoms with E-state index in [1.54, 1.807) is 19.9 Å². The van der Waals surface area contributed by atoms with E-state index < -0.39 is 29.3 Å². The maximum Gasteiger partial charge on any atom is 0.335 e. The summed E-state index contributed by atoms with van der Waals surface area (Å²) in [6.07, 6.45) is 0.0291. The van der Waals surface area contributed by atoms with Crippen LogP contribution in [-0.2, 0) is 16.1 Å². The Morgan fingerprint density at radius 2 is 1.69 bits per heavy atom. The van der Waals surface area contributed by atoms with Crippen molar-refractivity contribution < 1.29 is 14.3 Å². The molecule has 2 aromatic carbocycles. The van der Waals surface area contributed by atoms with Crippen LogP contribution in [0.3, 0.4) is 0 Å². The van der Waals surface area contributed by atoms with E-state index >= 15 is 0 Å². The van der Waals surface area contributed by atoms with Gasteiger partial charge < -0.3 is 9.47 Å². The smallest absolute Gasteiger partial charge is 0.335 e. The zero-order chi connectivity index (χ0) is 26.6. The minimum atomic E-state index is -0.735. The van der Waals surface area contributed by atoms with E-state index in [0.717, 1.165) is 27.0 Å². The van der Waals surface area contributed by atoms with E-state index in [1.165, 1.54) is 11.7 Å². The normalized spacial score (nSPS) is 13.5. The molecule has 0 radical (unpaired) electrons. The first-order valence-electron chi connectivity index (χ1n) is 11.9. The first kappa shape index (κ1) is 26.7. The largest absolute Gasteiger partial charge is 0.491 e. The fourth-order valence-electron chi connectivity index (χ4n) is 3.81. The Morgan fingerprint density at radius 1 is 1.03 bits per heavy atom. The number of carbonyl (C=O) groups excluding carboxylic acids is 1. The van der Waals surface area contributed by atoms with Crippen LogP contribution in [0.4, 0.5) is 5.69 Å².